The minimum absolute atomic E-state index is 0.130. The number of fused-ring (bicyclic) bond motifs is 1. The van der Waals surface area contributed by atoms with E-state index in [9.17, 15) is 4.79 Å². The zero-order chi connectivity index (χ0) is 15.1. The van der Waals surface area contributed by atoms with Crippen molar-refractivity contribution in [2.45, 2.75) is 6.92 Å². The van der Waals surface area contributed by atoms with E-state index in [0.717, 1.165) is 22.4 Å². The summed E-state index contributed by atoms with van der Waals surface area (Å²) in [7, 11) is 0. The lowest BCUT2D eigenvalue weighted by Gasteiger charge is -2.02. The Labute approximate surface area is 125 Å². The number of hydrogen-bond donors (Lipinski definition) is 2. The Morgan fingerprint density at radius 3 is 2.68 bits per heavy atom. The summed E-state index contributed by atoms with van der Waals surface area (Å²) in [6.07, 6.45) is 3.50. The molecule has 0 aliphatic carbocycles. The third-order valence-electron chi connectivity index (χ3n) is 3.59. The maximum atomic E-state index is 12.2. The van der Waals surface area contributed by atoms with Gasteiger partial charge < -0.3 is 0 Å². The van der Waals surface area contributed by atoms with Gasteiger partial charge in [0.05, 0.1) is 17.5 Å². The maximum absolute atomic E-state index is 12.2. The summed E-state index contributed by atoms with van der Waals surface area (Å²) in [4.78, 5) is 16.8. The van der Waals surface area contributed by atoms with E-state index in [4.69, 9.17) is 0 Å². The average molecular weight is 291 g/mol. The number of H-pyrrole nitrogens is 2. The first-order chi connectivity index (χ1) is 10.7. The van der Waals surface area contributed by atoms with Crippen molar-refractivity contribution in [3.8, 4) is 22.4 Å². The molecule has 0 atom stereocenters. The number of nitrogens with zero attached hydrogens (tertiary/aromatic N) is 3. The van der Waals surface area contributed by atoms with Crippen LogP contribution in [-0.4, -0.2) is 24.8 Å². The largest absolute Gasteiger partial charge is 0.288 e. The fourth-order valence-corrected chi connectivity index (χ4v) is 2.63. The van der Waals surface area contributed by atoms with Gasteiger partial charge in [-0.15, -0.1) is 0 Å². The van der Waals surface area contributed by atoms with E-state index in [-0.39, 0.29) is 5.56 Å². The predicted molar refractivity (Wildman–Crippen MR) is 83.6 cm³/mol. The highest BCUT2D eigenvalue weighted by Gasteiger charge is 2.18. The Bertz CT molecular complexity index is 996. The van der Waals surface area contributed by atoms with Crippen molar-refractivity contribution in [3.05, 3.63) is 64.8 Å². The van der Waals surface area contributed by atoms with E-state index >= 15 is 0 Å². The topological polar surface area (TPSA) is 78.8 Å². The number of aromatic nitrogens is 5. The molecule has 6 heteroatoms. The summed E-state index contributed by atoms with van der Waals surface area (Å²) in [5.41, 5.74) is 4.76. The van der Waals surface area contributed by atoms with Gasteiger partial charge in [-0.3, -0.25) is 15.0 Å². The molecule has 0 saturated heterocycles. The molecule has 0 saturated carbocycles. The van der Waals surface area contributed by atoms with Crippen LogP contribution in [0.25, 0.3) is 28.0 Å². The number of benzene rings is 1. The molecule has 0 radical (unpaired) electrons. The molecule has 0 fully saturated rings. The van der Waals surface area contributed by atoms with Crippen LogP contribution in [0.5, 0.6) is 0 Å². The summed E-state index contributed by atoms with van der Waals surface area (Å²) in [6.45, 7) is 1.82. The van der Waals surface area contributed by atoms with Crippen LogP contribution in [0.2, 0.25) is 0 Å². The lowest BCUT2D eigenvalue weighted by atomic mass is 10.0. The van der Waals surface area contributed by atoms with E-state index < -0.39 is 0 Å². The monoisotopic (exact) mass is 291 g/mol. The fourth-order valence-electron chi connectivity index (χ4n) is 2.63. The van der Waals surface area contributed by atoms with Crippen molar-refractivity contribution in [3.63, 3.8) is 0 Å². The van der Waals surface area contributed by atoms with Crippen molar-refractivity contribution in [1.82, 2.24) is 24.8 Å². The summed E-state index contributed by atoms with van der Waals surface area (Å²) >= 11 is 0. The summed E-state index contributed by atoms with van der Waals surface area (Å²) < 4.78 is 1.47. The Kier molecular flexibility index (Phi) is 2.69. The first-order valence-corrected chi connectivity index (χ1v) is 6.91. The molecule has 0 spiro atoms. The van der Waals surface area contributed by atoms with Gasteiger partial charge in [-0.1, -0.05) is 30.3 Å². The highest BCUT2D eigenvalue weighted by Crippen LogP contribution is 2.33. The quantitative estimate of drug-likeness (QED) is 0.595. The van der Waals surface area contributed by atoms with Crippen LogP contribution in [0.15, 0.2) is 53.6 Å². The minimum atomic E-state index is -0.130. The molecule has 4 rings (SSSR count). The summed E-state index contributed by atoms with van der Waals surface area (Å²) in [6, 6.07) is 11.4. The second-order valence-corrected chi connectivity index (χ2v) is 5.11. The highest BCUT2D eigenvalue weighted by molar-refractivity contribution is 5.90. The molecule has 0 aliphatic heterocycles. The minimum Gasteiger partial charge on any atom is -0.288 e. The van der Waals surface area contributed by atoms with Gasteiger partial charge in [0.25, 0.3) is 5.56 Å². The van der Waals surface area contributed by atoms with Crippen molar-refractivity contribution in [1.29, 1.82) is 0 Å². The van der Waals surface area contributed by atoms with Gasteiger partial charge in [0, 0.05) is 23.5 Å². The van der Waals surface area contributed by atoms with Gasteiger partial charge in [-0.2, -0.15) is 5.10 Å². The van der Waals surface area contributed by atoms with Crippen LogP contribution in [0, 0.1) is 6.92 Å². The maximum Gasteiger partial charge on any atom is 0.272 e. The molecule has 0 bridgehead atoms. The molecule has 2 N–H and O–H groups in total. The van der Waals surface area contributed by atoms with Gasteiger partial charge in [-0.05, 0) is 12.5 Å². The molecule has 6 nitrogen and oxygen atoms in total. The standard InChI is InChI=1S/C16H13N5O/c1-10-7-13(22)21-16(19-10)14(11-5-3-2-4-6-11)15(20-21)12-8-17-18-9-12/h2-9,20H,1H3,(H,17,18). The van der Waals surface area contributed by atoms with Gasteiger partial charge in [-0.25, -0.2) is 9.50 Å². The van der Waals surface area contributed by atoms with E-state index in [1.54, 1.807) is 12.4 Å². The normalized spacial score (nSPS) is 11.1. The Balaban J connectivity index is 2.15. The van der Waals surface area contributed by atoms with E-state index in [0.29, 0.717) is 11.3 Å². The van der Waals surface area contributed by atoms with E-state index in [2.05, 4.69) is 20.3 Å². The third-order valence-corrected chi connectivity index (χ3v) is 3.59. The van der Waals surface area contributed by atoms with Gasteiger partial charge in [0.1, 0.15) is 0 Å². The molecule has 108 valence electrons. The van der Waals surface area contributed by atoms with Crippen molar-refractivity contribution in [2.24, 2.45) is 0 Å². The molecule has 0 unspecified atom stereocenters. The van der Waals surface area contributed by atoms with Crippen LogP contribution >= 0.6 is 0 Å². The fraction of sp³-hybridized carbons (Fsp3) is 0.0625. The highest BCUT2D eigenvalue weighted by atomic mass is 16.1. The number of nitrogens with one attached hydrogen (secondary N) is 2. The number of rotatable bonds is 2. The Morgan fingerprint density at radius 2 is 1.95 bits per heavy atom. The first-order valence-electron chi connectivity index (χ1n) is 6.91. The molecular formula is C16H13N5O. The Hall–Kier alpha value is -3.15. The zero-order valence-corrected chi connectivity index (χ0v) is 11.9. The molecule has 22 heavy (non-hydrogen) atoms. The third kappa shape index (κ3) is 1.85. The van der Waals surface area contributed by atoms with E-state index in [1.807, 2.05) is 37.3 Å². The lowest BCUT2D eigenvalue weighted by molar-refractivity contribution is 0.893. The smallest absolute Gasteiger partial charge is 0.272 e. The van der Waals surface area contributed by atoms with Gasteiger partial charge >= 0.3 is 0 Å². The number of hydrogen-bond acceptors (Lipinski definition) is 3. The van der Waals surface area contributed by atoms with Crippen LogP contribution in [0.4, 0.5) is 0 Å². The molecule has 1 aromatic carbocycles. The van der Waals surface area contributed by atoms with Gasteiger partial charge in [0.2, 0.25) is 0 Å². The van der Waals surface area contributed by atoms with Crippen molar-refractivity contribution in [2.75, 3.05) is 0 Å². The summed E-state index contributed by atoms with van der Waals surface area (Å²) in [5.74, 6) is 0. The van der Waals surface area contributed by atoms with Crippen LogP contribution in [0.3, 0.4) is 0 Å². The summed E-state index contributed by atoms with van der Waals surface area (Å²) in [5, 5.41) is 9.93. The first kappa shape index (κ1) is 12.6. The number of aryl methyl sites for hydroxylation is 1. The zero-order valence-electron chi connectivity index (χ0n) is 11.9. The second-order valence-electron chi connectivity index (χ2n) is 5.11. The van der Waals surface area contributed by atoms with Gasteiger partial charge in [0.15, 0.2) is 5.65 Å². The van der Waals surface area contributed by atoms with Crippen LogP contribution in [0.1, 0.15) is 5.69 Å². The van der Waals surface area contributed by atoms with Crippen LogP contribution in [-0.2, 0) is 0 Å². The van der Waals surface area contributed by atoms with Crippen LogP contribution < -0.4 is 5.56 Å². The molecule has 3 heterocycles. The SMILES string of the molecule is Cc1cc(=O)n2[nH]c(-c3cn[nH]c3)c(-c3ccccc3)c2n1. The number of aromatic amines is 2. The van der Waals surface area contributed by atoms with Crippen molar-refractivity contribution >= 4 is 5.65 Å². The molecule has 4 aromatic rings. The average Bonchev–Trinajstić information content (AvgIpc) is 3.14. The second kappa shape index (κ2) is 4.70. The predicted octanol–water partition coefficient (Wildman–Crippen LogP) is 2.39. The molecule has 0 aliphatic rings. The lowest BCUT2D eigenvalue weighted by Crippen LogP contribution is -2.14. The molecular weight excluding hydrogens is 278 g/mol. The van der Waals surface area contributed by atoms with E-state index in [1.165, 1.54) is 10.6 Å². The molecule has 3 aromatic heterocycles. The van der Waals surface area contributed by atoms with Crippen molar-refractivity contribution < 1.29 is 0 Å². The Morgan fingerprint density at radius 1 is 1.14 bits per heavy atom. The molecule has 0 amide bonds.